The van der Waals surface area contributed by atoms with E-state index >= 15 is 0 Å². The summed E-state index contributed by atoms with van der Waals surface area (Å²) in [4.78, 5) is 24.2. The lowest BCUT2D eigenvalue weighted by molar-refractivity contribution is 0.432. The second-order valence-corrected chi connectivity index (χ2v) is 7.58. The first kappa shape index (κ1) is 18.3. The summed E-state index contributed by atoms with van der Waals surface area (Å²) in [6.07, 6.45) is 1.85. The molecule has 6 aromatic rings. The van der Waals surface area contributed by atoms with Crippen LogP contribution in [-0.2, 0) is 6.54 Å². The van der Waals surface area contributed by atoms with Crippen molar-refractivity contribution in [3.63, 3.8) is 0 Å². The number of benzene rings is 3. The lowest BCUT2D eigenvalue weighted by Crippen LogP contribution is -2.08. The summed E-state index contributed by atoms with van der Waals surface area (Å²) in [5.74, 6) is 0.633. The molecule has 7 nitrogen and oxygen atoms in total. The highest BCUT2D eigenvalue weighted by molar-refractivity contribution is 5.82. The van der Waals surface area contributed by atoms with E-state index < -0.39 is 0 Å². The zero-order valence-corrected chi connectivity index (χ0v) is 16.9. The van der Waals surface area contributed by atoms with E-state index in [0.29, 0.717) is 17.9 Å². The number of aromatic nitrogens is 5. The van der Waals surface area contributed by atoms with Crippen molar-refractivity contribution in [2.75, 3.05) is 0 Å². The fraction of sp³-hybridized carbons (Fsp3) is 0.0400. The molecule has 3 heterocycles. The van der Waals surface area contributed by atoms with Crippen LogP contribution in [0.5, 0.6) is 0 Å². The number of imidazole rings is 1. The molecule has 0 unspecified atom stereocenters. The molecule has 0 spiro atoms. The predicted molar refractivity (Wildman–Crippen MR) is 122 cm³/mol. The smallest absolute Gasteiger partial charge is 0.263 e. The lowest BCUT2D eigenvalue weighted by atomic mass is 10.1. The number of H-pyrrole nitrogens is 1. The Hall–Kier alpha value is -4.52. The molecule has 7 heteroatoms. The number of pyridine rings is 1. The highest BCUT2D eigenvalue weighted by atomic mass is 16.5. The Kier molecular flexibility index (Phi) is 4.18. The first-order valence-corrected chi connectivity index (χ1v) is 10.2. The third kappa shape index (κ3) is 3.16. The third-order valence-corrected chi connectivity index (χ3v) is 5.50. The summed E-state index contributed by atoms with van der Waals surface area (Å²) < 4.78 is 7.52. The Morgan fingerprint density at radius 1 is 0.938 bits per heavy atom. The lowest BCUT2D eigenvalue weighted by Gasteiger charge is -2.05. The molecule has 0 saturated heterocycles. The topological polar surface area (TPSA) is 89.6 Å². The molecule has 154 valence electrons. The van der Waals surface area contributed by atoms with Crippen LogP contribution in [0, 0.1) is 0 Å². The number of nitrogens with zero attached hydrogens (tertiary/aromatic N) is 4. The second kappa shape index (κ2) is 7.31. The fourth-order valence-corrected chi connectivity index (χ4v) is 3.85. The molecule has 0 radical (unpaired) electrons. The molecular weight excluding hydrogens is 402 g/mol. The molecular formula is C25H17N5O2. The number of hydrogen-bond acceptors (Lipinski definition) is 5. The number of fused-ring (bicyclic) bond motifs is 2. The van der Waals surface area contributed by atoms with E-state index in [0.717, 1.165) is 33.1 Å². The minimum absolute atomic E-state index is 0.195. The van der Waals surface area contributed by atoms with E-state index in [1.54, 1.807) is 6.07 Å². The third-order valence-electron chi connectivity index (χ3n) is 5.50. The molecule has 32 heavy (non-hydrogen) atoms. The van der Waals surface area contributed by atoms with Gasteiger partial charge in [-0.15, -0.1) is 0 Å². The van der Waals surface area contributed by atoms with Crippen LogP contribution in [-0.4, -0.2) is 24.7 Å². The summed E-state index contributed by atoms with van der Waals surface area (Å²) in [5, 5.41) is 4.98. The van der Waals surface area contributed by atoms with Crippen LogP contribution >= 0.6 is 0 Å². The normalized spacial score (nSPS) is 11.4. The number of para-hydroxylation sites is 3. The zero-order valence-electron chi connectivity index (χ0n) is 16.9. The van der Waals surface area contributed by atoms with Gasteiger partial charge in [0.05, 0.1) is 17.4 Å². The second-order valence-electron chi connectivity index (χ2n) is 7.58. The highest BCUT2D eigenvalue weighted by Crippen LogP contribution is 2.23. The van der Waals surface area contributed by atoms with Crippen molar-refractivity contribution >= 4 is 21.9 Å². The van der Waals surface area contributed by atoms with Gasteiger partial charge in [-0.2, -0.15) is 4.98 Å². The zero-order chi connectivity index (χ0) is 21.5. The first-order chi connectivity index (χ1) is 15.7. The van der Waals surface area contributed by atoms with Crippen molar-refractivity contribution in [2.45, 2.75) is 6.54 Å². The van der Waals surface area contributed by atoms with Crippen LogP contribution in [0.15, 0.2) is 94.5 Å². The van der Waals surface area contributed by atoms with Gasteiger partial charge in [0.25, 0.3) is 11.4 Å². The fourth-order valence-electron chi connectivity index (χ4n) is 3.85. The molecule has 3 aromatic heterocycles. The van der Waals surface area contributed by atoms with Crippen LogP contribution in [0.2, 0.25) is 0 Å². The quantitative estimate of drug-likeness (QED) is 0.449. The maximum absolute atomic E-state index is 12.5. The van der Waals surface area contributed by atoms with Gasteiger partial charge in [-0.3, -0.25) is 4.79 Å². The van der Waals surface area contributed by atoms with E-state index in [4.69, 9.17) is 4.52 Å². The van der Waals surface area contributed by atoms with E-state index in [-0.39, 0.29) is 11.4 Å². The van der Waals surface area contributed by atoms with E-state index in [1.165, 1.54) is 0 Å². The van der Waals surface area contributed by atoms with Crippen LogP contribution in [0.4, 0.5) is 0 Å². The van der Waals surface area contributed by atoms with Crippen LogP contribution < -0.4 is 5.56 Å². The Morgan fingerprint density at radius 3 is 2.66 bits per heavy atom. The van der Waals surface area contributed by atoms with Crippen LogP contribution in [0.3, 0.4) is 0 Å². The molecule has 3 aromatic carbocycles. The van der Waals surface area contributed by atoms with Crippen molar-refractivity contribution in [2.24, 2.45) is 0 Å². The number of aromatic amines is 1. The van der Waals surface area contributed by atoms with Gasteiger partial charge in [0, 0.05) is 17.6 Å². The van der Waals surface area contributed by atoms with E-state index in [2.05, 4.69) is 30.7 Å². The summed E-state index contributed by atoms with van der Waals surface area (Å²) in [7, 11) is 0. The van der Waals surface area contributed by atoms with E-state index in [9.17, 15) is 4.79 Å². The average molecular weight is 419 g/mol. The van der Waals surface area contributed by atoms with E-state index in [1.807, 2.05) is 73.1 Å². The van der Waals surface area contributed by atoms with Gasteiger partial charge < -0.3 is 14.1 Å². The van der Waals surface area contributed by atoms with Crippen LogP contribution in [0.1, 0.15) is 5.56 Å². The molecule has 0 aliphatic heterocycles. The number of rotatable bonds is 4. The molecule has 0 aliphatic carbocycles. The Balaban J connectivity index is 1.28. The molecule has 0 bridgehead atoms. The van der Waals surface area contributed by atoms with Gasteiger partial charge in [0.15, 0.2) is 0 Å². The monoisotopic (exact) mass is 419 g/mol. The molecule has 0 amide bonds. The Morgan fingerprint density at radius 2 is 1.75 bits per heavy atom. The highest BCUT2D eigenvalue weighted by Gasteiger charge is 2.15. The molecule has 0 fully saturated rings. The average Bonchev–Trinajstić information content (AvgIpc) is 3.47. The summed E-state index contributed by atoms with van der Waals surface area (Å²) in [6.45, 7) is 0.713. The molecule has 0 atom stereocenters. The SMILES string of the molecule is O=c1[nH]c2ccccc2cc1-c1nc(-c2ccc(Cn3cnc4ccccc43)cc2)no1. The van der Waals surface area contributed by atoms with Gasteiger partial charge in [0.2, 0.25) is 5.82 Å². The summed E-state index contributed by atoms with van der Waals surface area (Å²) in [5.41, 5.74) is 4.88. The molecule has 0 saturated carbocycles. The van der Waals surface area contributed by atoms with Crippen molar-refractivity contribution in [1.82, 2.24) is 24.7 Å². The summed E-state index contributed by atoms with van der Waals surface area (Å²) >= 11 is 0. The van der Waals surface area contributed by atoms with Gasteiger partial charge >= 0.3 is 0 Å². The van der Waals surface area contributed by atoms with Gasteiger partial charge in [-0.25, -0.2) is 4.98 Å². The molecule has 0 aliphatic rings. The Bertz CT molecular complexity index is 1630. The number of nitrogens with one attached hydrogen (secondary N) is 1. The standard InChI is InChI=1S/C25H17N5O2/c31-24-19(13-18-5-1-2-6-20(18)27-24)25-28-23(29-32-25)17-11-9-16(10-12-17)14-30-15-26-21-7-3-4-8-22(21)30/h1-13,15H,14H2,(H,27,31). The van der Waals surface area contributed by atoms with Crippen molar-refractivity contribution in [1.29, 1.82) is 0 Å². The molecule has 1 N–H and O–H groups in total. The van der Waals surface area contributed by atoms with Crippen molar-refractivity contribution in [3.05, 3.63) is 101 Å². The van der Waals surface area contributed by atoms with Crippen LogP contribution in [0.25, 0.3) is 44.8 Å². The summed E-state index contributed by atoms with van der Waals surface area (Å²) in [6, 6.07) is 25.4. The van der Waals surface area contributed by atoms with Gasteiger partial charge in [0.1, 0.15) is 5.56 Å². The maximum Gasteiger partial charge on any atom is 0.263 e. The maximum atomic E-state index is 12.5. The minimum atomic E-state index is -0.262. The predicted octanol–water partition coefficient (Wildman–Crippen LogP) is 4.64. The Labute approximate surface area is 182 Å². The first-order valence-electron chi connectivity index (χ1n) is 10.2. The minimum Gasteiger partial charge on any atom is -0.333 e. The number of hydrogen-bond donors (Lipinski definition) is 1. The van der Waals surface area contributed by atoms with Crippen molar-refractivity contribution < 1.29 is 4.52 Å². The van der Waals surface area contributed by atoms with Crippen molar-refractivity contribution in [3.8, 4) is 22.8 Å². The largest absolute Gasteiger partial charge is 0.333 e. The molecule has 6 rings (SSSR count). The van der Waals surface area contributed by atoms with Gasteiger partial charge in [-0.05, 0) is 35.2 Å². The van der Waals surface area contributed by atoms with Gasteiger partial charge in [-0.1, -0.05) is 59.8 Å².